The van der Waals surface area contributed by atoms with Crippen molar-refractivity contribution < 1.29 is 9.90 Å². The zero-order valence-electron chi connectivity index (χ0n) is 14.0. The van der Waals surface area contributed by atoms with Gasteiger partial charge in [-0.15, -0.1) is 0 Å². The van der Waals surface area contributed by atoms with Crippen molar-refractivity contribution in [3.63, 3.8) is 0 Å². The topological polar surface area (TPSA) is 40.1 Å². The number of alkyl halides is 1. The predicted molar refractivity (Wildman–Crippen MR) is 107 cm³/mol. The number of benzene rings is 3. The molecule has 0 atom stereocenters. The summed E-state index contributed by atoms with van der Waals surface area (Å²) in [5.74, 6) is -1.08. The molecule has 0 fully saturated rings. The van der Waals surface area contributed by atoms with Gasteiger partial charge in [-0.05, 0) is 43.3 Å². The molecule has 3 aromatic rings. The van der Waals surface area contributed by atoms with Crippen LogP contribution in [0.15, 0.2) is 91.0 Å². The third kappa shape index (κ3) is 4.69. The van der Waals surface area contributed by atoms with Gasteiger partial charge in [0.2, 0.25) is 0 Å². The lowest BCUT2D eigenvalue weighted by Crippen LogP contribution is -2.32. The monoisotopic (exact) mass is 370 g/mol. The molecule has 0 radical (unpaired) electrons. The Morgan fingerprint density at radius 1 is 0.760 bits per heavy atom. The zero-order chi connectivity index (χ0) is 18.1. The second kappa shape index (κ2) is 9.36. The van der Waals surface area contributed by atoms with Crippen molar-refractivity contribution in [3.05, 3.63) is 91.0 Å². The number of aliphatic carboxylic acids is 1. The average Bonchev–Trinajstić information content (AvgIpc) is 2.65. The molecule has 0 unspecified atom stereocenters. The molecule has 128 valence electrons. The molecule has 0 aliphatic rings. The first-order chi connectivity index (χ1) is 12.1. The Morgan fingerprint density at radius 3 is 1.20 bits per heavy atom. The van der Waals surface area contributed by atoms with Gasteiger partial charge in [0.15, 0.2) is 0 Å². The molecule has 0 spiro atoms. The largest absolute Gasteiger partial charge is 0.550 e. The molecule has 0 bridgehead atoms. The molecule has 0 saturated carbocycles. The van der Waals surface area contributed by atoms with Gasteiger partial charge in [0.05, 0.1) is 0 Å². The number of halogens is 1. The second-order valence-corrected chi connectivity index (χ2v) is 9.55. The van der Waals surface area contributed by atoms with Crippen LogP contribution in [0.25, 0.3) is 0 Å². The number of hydrogen-bond acceptors (Lipinski definition) is 2. The Labute approximate surface area is 154 Å². The summed E-state index contributed by atoms with van der Waals surface area (Å²) in [4.78, 5) is 8.89. The van der Waals surface area contributed by atoms with E-state index in [9.17, 15) is 0 Å². The van der Waals surface area contributed by atoms with Crippen LogP contribution in [-0.2, 0) is 4.79 Å². The van der Waals surface area contributed by atoms with Gasteiger partial charge in [-0.3, -0.25) is 0 Å². The van der Waals surface area contributed by atoms with E-state index in [0.717, 1.165) is 6.92 Å². The molecule has 25 heavy (non-hydrogen) atoms. The van der Waals surface area contributed by atoms with Crippen LogP contribution in [0.2, 0.25) is 0 Å². The molecule has 0 heterocycles. The highest BCUT2D eigenvalue weighted by Crippen LogP contribution is 2.55. The van der Waals surface area contributed by atoms with Crippen LogP contribution in [0.4, 0.5) is 0 Å². The van der Waals surface area contributed by atoms with Crippen molar-refractivity contribution in [2.45, 2.75) is 6.92 Å². The molecule has 4 heteroatoms. The Bertz CT molecular complexity index is 676. The zero-order valence-corrected chi connectivity index (χ0v) is 15.7. The fraction of sp³-hybridized carbons (Fsp3) is 0.0952. The van der Waals surface area contributed by atoms with Gasteiger partial charge in [-0.1, -0.05) is 66.2 Å². The fourth-order valence-corrected chi connectivity index (χ4v) is 7.30. The van der Waals surface area contributed by atoms with Gasteiger partial charge in [-0.2, -0.15) is 0 Å². The van der Waals surface area contributed by atoms with Gasteiger partial charge in [0, 0.05) is 5.97 Å². The summed E-state index contributed by atoms with van der Waals surface area (Å²) in [6.07, 6.45) is 0. The number of rotatable bonds is 4. The van der Waals surface area contributed by atoms with Crippen LogP contribution in [0.5, 0.6) is 0 Å². The first-order valence-corrected chi connectivity index (χ1v) is 10.4. The summed E-state index contributed by atoms with van der Waals surface area (Å²) in [5, 5.41) is 12.9. The minimum Gasteiger partial charge on any atom is -0.550 e. The molecule has 0 aromatic heterocycles. The van der Waals surface area contributed by atoms with Crippen LogP contribution in [0.1, 0.15) is 6.92 Å². The number of carbonyl (C=O) groups excluding carboxylic acids is 1. The van der Waals surface area contributed by atoms with E-state index in [1.54, 1.807) is 0 Å². The van der Waals surface area contributed by atoms with Gasteiger partial charge in [0.1, 0.15) is 28.8 Å². The highest BCUT2D eigenvalue weighted by atomic mass is 35.5. The normalized spacial score (nSPS) is 10.5. The van der Waals surface area contributed by atoms with Crippen molar-refractivity contribution in [2.75, 3.05) is 5.62 Å². The molecule has 3 rings (SSSR count). The molecule has 2 nitrogen and oxygen atoms in total. The third-order valence-corrected chi connectivity index (χ3v) is 8.74. The molecule has 0 aliphatic heterocycles. The number of carboxylic acids is 1. The Hall–Kier alpha value is -2.15. The molecule has 0 N–H and O–H groups in total. The van der Waals surface area contributed by atoms with Crippen molar-refractivity contribution in [1.82, 2.24) is 0 Å². The van der Waals surface area contributed by atoms with Crippen LogP contribution in [0, 0.1) is 0 Å². The molecule has 3 aromatic carbocycles. The van der Waals surface area contributed by atoms with Crippen LogP contribution in [-0.4, -0.2) is 11.6 Å². The van der Waals surface area contributed by atoms with Gasteiger partial charge < -0.3 is 9.90 Å². The molecular weight excluding hydrogens is 351 g/mol. The molecule has 0 amide bonds. The first kappa shape index (κ1) is 19.2. The van der Waals surface area contributed by atoms with Crippen LogP contribution < -0.4 is 21.0 Å². The van der Waals surface area contributed by atoms with Crippen LogP contribution >= 0.6 is 18.9 Å². The predicted octanol–water partition coefficient (Wildman–Crippen LogP) is 2.93. The van der Waals surface area contributed by atoms with Crippen molar-refractivity contribution in [3.8, 4) is 0 Å². The number of carboxylic acid groups (broad SMARTS) is 1. The maximum atomic E-state index is 8.89. The van der Waals surface area contributed by atoms with E-state index in [2.05, 4.69) is 91.0 Å². The van der Waals surface area contributed by atoms with E-state index >= 15 is 0 Å². The maximum Gasteiger partial charge on any atom is 0.146 e. The minimum absolute atomic E-state index is 0.616. The Balaban J connectivity index is 0.000000511. The van der Waals surface area contributed by atoms with E-state index in [4.69, 9.17) is 21.5 Å². The molecule has 0 aliphatic carbocycles. The van der Waals surface area contributed by atoms with E-state index in [1.807, 2.05) is 0 Å². The van der Waals surface area contributed by atoms with E-state index in [-0.39, 0.29) is 0 Å². The molecular formula is C21H20ClO2P. The van der Waals surface area contributed by atoms with Gasteiger partial charge in [-0.25, -0.2) is 0 Å². The minimum atomic E-state index is -1.77. The number of hydrogen-bond donors (Lipinski definition) is 0. The van der Waals surface area contributed by atoms with E-state index in [0.29, 0.717) is 5.62 Å². The summed E-state index contributed by atoms with van der Waals surface area (Å²) in [6, 6.07) is 32.0. The summed E-state index contributed by atoms with van der Waals surface area (Å²) < 4.78 is 0. The van der Waals surface area contributed by atoms with E-state index < -0.39 is 13.2 Å². The van der Waals surface area contributed by atoms with Gasteiger partial charge >= 0.3 is 0 Å². The smallest absolute Gasteiger partial charge is 0.146 e. The van der Waals surface area contributed by atoms with E-state index in [1.165, 1.54) is 15.9 Å². The maximum absolute atomic E-state index is 8.89. The van der Waals surface area contributed by atoms with Crippen LogP contribution in [0.3, 0.4) is 0 Å². The highest BCUT2D eigenvalue weighted by molar-refractivity contribution is 7.96. The lowest BCUT2D eigenvalue weighted by atomic mass is 10.4. The SMILES string of the molecule is CC(=O)[O-].ClC[P+](c1ccccc1)(c1ccccc1)c1ccccc1. The lowest BCUT2D eigenvalue weighted by molar-refractivity contribution is -0.302. The third-order valence-electron chi connectivity index (χ3n) is 3.77. The standard InChI is InChI=1S/C19H17ClP.C2H4O2/c20-16-21(17-10-4-1-5-11-17,18-12-6-2-7-13-18)19-14-8-3-9-15-19;1-2(3)4/h1-15H,16H2;1H3,(H,3,4)/q+1;/p-1. The summed E-state index contributed by atoms with van der Waals surface area (Å²) in [7, 11) is -1.77. The second-order valence-electron chi connectivity index (χ2n) is 5.43. The Kier molecular flexibility index (Phi) is 7.18. The van der Waals surface area contributed by atoms with Crippen molar-refractivity contribution in [1.29, 1.82) is 0 Å². The highest BCUT2D eigenvalue weighted by Gasteiger charge is 2.44. The van der Waals surface area contributed by atoms with Crippen molar-refractivity contribution in [2.24, 2.45) is 0 Å². The average molecular weight is 371 g/mol. The van der Waals surface area contributed by atoms with Crippen molar-refractivity contribution >= 4 is 40.7 Å². The molecule has 0 saturated heterocycles. The quantitative estimate of drug-likeness (QED) is 0.523. The summed E-state index contributed by atoms with van der Waals surface area (Å²) in [6.45, 7) is 0.972. The summed E-state index contributed by atoms with van der Waals surface area (Å²) in [5.41, 5.74) is 0.616. The fourth-order valence-electron chi connectivity index (χ4n) is 2.70. The van der Waals surface area contributed by atoms with Gasteiger partial charge in [0.25, 0.3) is 0 Å². The summed E-state index contributed by atoms with van der Waals surface area (Å²) >= 11 is 6.58. The lowest BCUT2D eigenvalue weighted by Gasteiger charge is -2.25. The Morgan fingerprint density at radius 2 is 1.00 bits per heavy atom. The first-order valence-electron chi connectivity index (χ1n) is 7.89. The number of carbonyl (C=O) groups is 1.